The van der Waals surface area contributed by atoms with E-state index in [-0.39, 0.29) is 44.7 Å². The lowest BCUT2D eigenvalue weighted by molar-refractivity contribution is -0.140. The molecule has 0 saturated carbocycles. The van der Waals surface area contributed by atoms with Crippen molar-refractivity contribution < 1.29 is 18.0 Å². The number of benzene rings is 4. The number of sulfonamides is 1. The van der Waals surface area contributed by atoms with Crippen molar-refractivity contribution in [3.8, 4) is 0 Å². The van der Waals surface area contributed by atoms with Gasteiger partial charge >= 0.3 is 0 Å². The molecule has 236 valence electrons. The zero-order chi connectivity index (χ0) is 32.7. The van der Waals surface area contributed by atoms with E-state index >= 15 is 0 Å². The average Bonchev–Trinajstić information content (AvgIpc) is 3.01. The van der Waals surface area contributed by atoms with Crippen LogP contribution in [0.2, 0.25) is 20.1 Å². The highest BCUT2D eigenvalue weighted by molar-refractivity contribution is 7.92. The van der Waals surface area contributed by atoms with E-state index in [4.69, 9.17) is 46.4 Å². The second-order valence-corrected chi connectivity index (χ2v) is 14.0. The Hall–Kier alpha value is -3.27. The van der Waals surface area contributed by atoms with Gasteiger partial charge in [-0.3, -0.25) is 13.9 Å². The van der Waals surface area contributed by atoms with Crippen LogP contribution >= 0.6 is 46.4 Å². The maximum Gasteiger partial charge on any atom is 0.264 e. The number of nitrogens with one attached hydrogen (secondary N) is 1. The van der Waals surface area contributed by atoms with Crippen LogP contribution in [-0.4, -0.2) is 43.8 Å². The molecule has 0 saturated heterocycles. The van der Waals surface area contributed by atoms with Crippen LogP contribution < -0.4 is 9.62 Å². The summed E-state index contributed by atoms with van der Waals surface area (Å²) in [5.41, 5.74) is 1.41. The largest absolute Gasteiger partial charge is 0.352 e. The van der Waals surface area contributed by atoms with Gasteiger partial charge in [0, 0.05) is 19.0 Å². The van der Waals surface area contributed by atoms with Gasteiger partial charge in [0.05, 0.1) is 30.7 Å². The highest BCUT2D eigenvalue weighted by atomic mass is 35.5. The zero-order valence-electron chi connectivity index (χ0n) is 24.5. The smallest absolute Gasteiger partial charge is 0.264 e. The molecule has 12 heteroatoms. The number of anilines is 1. The molecule has 4 aromatic rings. The van der Waals surface area contributed by atoms with Gasteiger partial charge in [0.25, 0.3) is 10.0 Å². The number of hydrogen-bond acceptors (Lipinski definition) is 4. The molecule has 0 radical (unpaired) electrons. The molecule has 0 aliphatic heterocycles. The second-order valence-electron chi connectivity index (χ2n) is 10.5. The first kappa shape index (κ1) is 34.6. The van der Waals surface area contributed by atoms with Gasteiger partial charge in [-0.1, -0.05) is 107 Å². The first-order valence-corrected chi connectivity index (χ1v) is 16.9. The molecule has 0 aliphatic rings. The van der Waals surface area contributed by atoms with Crippen molar-refractivity contribution in [2.75, 3.05) is 10.8 Å². The molecule has 7 nitrogen and oxygen atoms in total. The summed E-state index contributed by atoms with van der Waals surface area (Å²) >= 11 is 25.3. The fourth-order valence-corrected chi connectivity index (χ4v) is 6.90. The first-order valence-electron chi connectivity index (χ1n) is 14.0. The van der Waals surface area contributed by atoms with Crippen molar-refractivity contribution in [3.05, 3.63) is 128 Å². The zero-order valence-corrected chi connectivity index (χ0v) is 28.3. The highest BCUT2D eigenvalue weighted by Crippen LogP contribution is 2.36. The van der Waals surface area contributed by atoms with E-state index in [9.17, 15) is 18.0 Å². The van der Waals surface area contributed by atoms with Crippen molar-refractivity contribution in [3.63, 3.8) is 0 Å². The minimum Gasteiger partial charge on any atom is -0.352 e. The van der Waals surface area contributed by atoms with Crippen LogP contribution in [0.5, 0.6) is 0 Å². The van der Waals surface area contributed by atoms with Crippen LogP contribution in [0.1, 0.15) is 25.0 Å². The predicted molar refractivity (Wildman–Crippen MR) is 182 cm³/mol. The summed E-state index contributed by atoms with van der Waals surface area (Å²) in [6, 6.07) is 25.1. The molecule has 4 aromatic carbocycles. The number of carbonyl (C=O) groups is 2. The SMILES string of the molecule is CC(C)NC(=O)C(Cc1ccccc1)N(Cc1ccc(Cl)c(Cl)c1)C(=O)CN(c1cccc(Cl)c1Cl)S(=O)(=O)c1ccccc1. The van der Waals surface area contributed by atoms with Gasteiger partial charge in [-0.05, 0) is 61.4 Å². The van der Waals surface area contributed by atoms with Crippen LogP contribution in [0, 0.1) is 0 Å². The molecule has 0 bridgehead atoms. The monoisotopic (exact) mass is 705 g/mol. The van der Waals surface area contributed by atoms with E-state index in [1.54, 1.807) is 42.5 Å². The number of halogens is 4. The molecule has 0 aromatic heterocycles. The molecule has 1 atom stereocenters. The van der Waals surface area contributed by atoms with E-state index in [0.717, 1.165) is 9.87 Å². The molecule has 1 unspecified atom stereocenters. The van der Waals surface area contributed by atoms with E-state index in [1.165, 1.54) is 29.2 Å². The summed E-state index contributed by atoms with van der Waals surface area (Å²) in [6.07, 6.45) is 0.163. The lowest BCUT2D eigenvalue weighted by Gasteiger charge is -2.34. The van der Waals surface area contributed by atoms with Crippen molar-refractivity contribution in [1.82, 2.24) is 10.2 Å². The average molecular weight is 708 g/mol. The lowest BCUT2D eigenvalue weighted by atomic mass is 10.0. The molecule has 1 N–H and O–H groups in total. The van der Waals surface area contributed by atoms with Gasteiger partial charge in [0.2, 0.25) is 11.8 Å². The lowest BCUT2D eigenvalue weighted by Crippen LogP contribution is -2.54. The Balaban J connectivity index is 1.84. The van der Waals surface area contributed by atoms with Gasteiger partial charge in [-0.25, -0.2) is 8.42 Å². The van der Waals surface area contributed by atoms with Gasteiger partial charge in [0.1, 0.15) is 12.6 Å². The summed E-state index contributed by atoms with van der Waals surface area (Å²) in [6.45, 7) is 2.88. The second kappa shape index (κ2) is 15.3. The number of rotatable bonds is 12. The van der Waals surface area contributed by atoms with Gasteiger partial charge in [-0.15, -0.1) is 0 Å². The van der Waals surface area contributed by atoms with Gasteiger partial charge in [-0.2, -0.15) is 0 Å². The summed E-state index contributed by atoms with van der Waals surface area (Å²) < 4.78 is 29.1. The van der Waals surface area contributed by atoms with E-state index in [2.05, 4.69) is 5.32 Å². The molecule has 0 spiro atoms. The normalized spacial score (nSPS) is 12.1. The molecule has 2 amide bonds. The Bertz CT molecular complexity index is 1760. The molecule has 0 fully saturated rings. The van der Waals surface area contributed by atoms with E-state index in [0.29, 0.717) is 10.6 Å². The number of hydrogen-bond donors (Lipinski definition) is 1. The van der Waals surface area contributed by atoms with Crippen molar-refractivity contribution in [2.24, 2.45) is 0 Å². The Kier molecular flexibility index (Phi) is 11.8. The van der Waals surface area contributed by atoms with Crippen LogP contribution in [0.4, 0.5) is 5.69 Å². The predicted octanol–water partition coefficient (Wildman–Crippen LogP) is 7.66. The van der Waals surface area contributed by atoms with Crippen LogP contribution in [0.25, 0.3) is 0 Å². The Labute approximate surface area is 283 Å². The van der Waals surface area contributed by atoms with Crippen molar-refractivity contribution in [2.45, 2.75) is 43.8 Å². The Morgan fingerprint density at radius 1 is 0.756 bits per heavy atom. The minimum atomic E-state index is -4.33. The minimum absolute atomic E-state index is 0.0158. The molecule has 45 heavy (non-hydrogen) atoms. The third-order valence-electron chi connectivity index (χ3n) is 6.85. The number of amides is 2. The summed E-state index contributed by atoms with van der Waals surface area (Å²) in [5, 5.41) is 3.58. The fraction of sp³-hybridized carbons (Fsp3) is 0.212. The maximum atomic E-state index is 14.5. The van der Waals surface area contributed by atoms with Crippen molar-refractivity contribution in [1.29, 1.82) is 0 Å². The molecular weight excluding hydrogens is 676 g/mol. The van der Waals surface area contributed by atoms with E-state index in [1.807, 2.05) is 44.2 Å². The topological polar surface area (TPSA) is 86.8 Å². The summed E-state index contributed by atoms with van der Waals surface area (Å²) in [7, 11) is -4.33. The Morgan fingerprint density at radius 2 is 1.40 bits per heavy atom. The quantitative estimate of drug-likeness (QED) is 0.164. The summed E-state index contributed by atoms with van der Waals surface area (Å²) in [5.74, 6) is -1.06. The first-order chi connectivity index (χ1) is 21.4. The van der Waals surface area contributed by atoms with Crippen molar-refractivity contribution >= 4 is 73.9 Å². The maximum absolute atomic E-state index is 14.5. The molecular formula is C33H31Cl4N3O4S. The number of nitrogens with zero attached hydrogens (tertiary/aromatic N) is 2. The Morgan fingerprint density at radius 3 is 2.02 bits per heavy atom. The van der Waals surface area contributed by atoms with E-state index < -0.39 is 34.4 Å². The van der Waals surface area contributed by atoms with Crippen LogP contribution in [-0.2, 0) is 32.6 Å². The third-order valence-corrected chi connectivity index (χ3v) is 10.2. The third kappa shape index (κ3) is 8.71. The fourth-order valence-electron chi connectivity index (χ4n) is 4.69. The highest BCUT2D eigenvalue weighted by Gasteiger charge is 2.35. The molecule has 4 rings (SSSR count). The van der Waals surface area contributed by atoms with Gasteiger partial charge in [0.15, 0.2) is 0 Å². The van der Waals surface area contributed by atoms with Crippen LogP contribution in [0.15, 0.2) is 102 Å². The van der Waals surface area contributed by atoms with Gasteiger partial charge < -0.3 is 10.2 Å². The molecule has 0 heterocycles. The molecule has 0 aliphatic carbocycles. The number of carbonyl (C=O) groups excluding carboxylic acids is 2. The standard InChI is InChI=1S/C33H31Cl4N3O4S/c1-22(2)38-33(42)30(19-23-10-5-3-6-11-23)39(20-24-16-17-26(34)28(36)18-24)31(41)21-40(29-15-9-14-27(35)32(29)37)45(43,44)25-12-7-4-8-13-25/h3-18,22,30H,19-21H2,1-2H3,(H,38,42). The summed E-state index contributed by atoms with van der Waals surface area (Å²) in [4.78, 5) is 29.6. The van der Waals surface area contributed by atoms with Crippen LogP contribution in [0.3, 0.4) is 0 Å².